The van der Waals surface area contributed by atoms with Crippen LogP contribution in [0.5, 0.6) is 11.5 Å². The summed E-state index contributed by atoms with van der Waals surface area (Å²) in [5, 5.41) is 0. The molecule has 0 fully saturated rings. The van der Waals surface area contributed by atoms with Crippen molar-refractivity contribution in [3.63, 3.8) is 0 Å². The van der Waals surface area contributed by atoms with E-state index in [1.54, 1.807) is 0 Å². The van der Waals surface area contributed by atoms with Crippen molar-refractivity contribution in [3.05, 3.63) is 112 Å². The molecule has 0 aromatic heterocycles. The Bertz CT molecular complexity index is 2310. The number of hydrogen-bond donors (Lipinski definition) is 0. The van der Waals surface area contributed by atoms with E-state index in [1.165, 1.54) is 72.5 Å². The number of nitrogens with zero attached hydrogens (tertiary/aromatic N) is 2. The van der Waals surface area contributed by atoms with Crippen molar-refractivity contribution in [2.24, 2.45) is 10.8 Å². The molecule has 3 aliphatic heterocycles. The van der Waals surface area contributed by atoms with E-state index in [2.05, 4.69) is 144 Å². The van der Waals surface area contributed by atoms with Gasteiger partial charge in [0.05, 0.1) is 5.69 Å². The van der Waals surface area contributed by atoms with Gasteiger partial charge in [-0.05, 0) is 147 Å². The number of hydrogen-bond acceptors (Lipinski definition) is 4. The second-order valence-corrected chi connectivity index (χ2v) is 18.5. The van der Waals surface area contributed by atoms with Gasteiger partial charge in [0.2, 0.25) is 6.79 Å². The van der Waals surface area contributed by atoms with Crippen LogP contribution in [0.3, 0.4) is 0 Å². The molecule has 5 aromatic carbocycles. The van der Waals surface area contributed by atoms with Crippen LogP contribution in [-0.4, -0.2) is 13.5 Å². The van der Waals surface area contributed by atoms with Crippen LogP contribution in [0.2, 0.25) is 0 Å². The highest BCUT2D eigenvalue weighted by atomic mass is 16.7. The molecule has 0 atom stereocenters. The minimum Gasteiger partial charge on any atom is -0.454 e. The molecule has 0 saturated heterocycles. The summed E-state index contributed by atoms with van der Waals surface area (Å²) >= 11 is 0. The molecule has 2 aliphatic carbocycles. The average molecular weight is 671 g/mol. The van der Waals surface area contributed by atoms with E-state index in [9.17, 15) is 0 Å². The summed E-state index contributed by atoms with van der Waals surface area (Å²) < 4.78 is 12.4. The van der Waals surface area contributed by atoms with E-state index in [4.69, 9.17) is 9.47 Å². The molecule has 0 amide bonds. The van der Waals surface area contributed by atoms with Gasteiger partial charge in [-0.3, -0.25) is 0 Å². The zero-order valence-corrected chi connectivity index (χ0v) is 31.3. The lowest BCUT2D eigenvalue weighted by Crippen LogP contribution is -2.61. The van der Waals surface area contributed by atoms with Gasteiger partial charge in [0, 0.05) is 28.4 Å². The number of benzene rings is 5. The Morgan fingerprint density at radius 3 is 1.94 bits per heavy atom. The van der Waals surface area contributed by atoms with Gasteiger partial charge in [-0.25, -0.2) is 0 Å². The lowest BCUT2D eigenvalue weighted by Gasteiger charge is -2.44. The van der Waals surface area contributed by atoms with Gasteiger partial charge in [0.1, 0.15) is 0 Å². The van der Waals surface area contributed by atoms with Crippen molar-refractivity contribution in [2.75, 3.05) is 16.6 Å². The van der Waals surface area contributed by atoms with Crippen molar-refractivity contribution < 1.29 is 9.47 Å². The van der Waals surface area contributed by atoms with Crippen LogP contribution in [0.15, 0.2) is 78.9 Å². The SMILES string of the molecule is Cc1cc2c3c(c1)N(c1ccc(C(C)(C)C)cc1)c1c(ccc4c1OCO4)B3c1cc3c(cc1N2c1ccc2c(c1)CC(C)(C)C2)CC(C)(C)C3. The van der Waals surface area contributed by atoms with Crippen molar-refractivity contribution in [3.8, 4) is 11.5 Å². The Morgan fingerprint density at radius 2 is 1.24 bits per heavy atom. The fourth-order valence-electron chi connectivity index (χ4n) is 9.97. The van der Waals surface area contributed by atoms with Gasteiger partial charge in [-0.15, -0.1) is 0 Å². The molecular weight excluding hydrogens is 623 g/mol. The molecule has 10 rings (SSSR count). The summed E-state index contributed by atoms with van der Waals surface area (Å²) in [7, 11) is 0. The van der Waals surface area contributed by atoms with Crippen molar-refractivity contribution >= 4 is 57.2 Å². The van der Waals surface area contributed by atoms with Gasteiger partial charge >= 0.3 is 0 Å². The lowest BCUT2D eigenvalue weighted by molar-refractivity contribution is 0.174. The highest BCUT2D eigenvalue weighted by molar-refractivity contribution is 7.00. The van der Waals surface area contributed by atoms with E-state index in [0.29, 0.717) is 5.41 Å². The first-order chi connectivity index (χ1) is 24.2. The average Bonchev–Trinajstić information content (AvgIpc) is 3.75. The Balaban J connectivity index is 1.27. The van der Waals surface area contributed by atoms with Gasteiger partial charge in [0.25, 0.3) is 6.71 Å². The normalized spacial score (nSPS) is 18.3. The summed E-state index contributed by atoms with van der Waals surface area (Å²) in [6.07, 6.45) is 4.46. The zero-order chi connectivity index (χ0) is 35.2. The van der Waals surface area contributed by atoms with Gasteiger partial charge in [-0.2, -0.15) is 0 Å². The first-order valence-electron chi connectivity index (χ1n) is 18.8. The zero-order valence-electron chi connectivity index (χ0n) is 31.3. The summed E-state index contributed by atoms with van der Waals surface area (Å²) in [6.45, 7) is 19.0. The number of fused-ring (bicyclic) bond motifs is 8. The van der Waals surface area contributed by atoms with Gasteiger partial charge in [0.15, 0.2) is 11.5 Å². The second-order valence-electron chi connectivity index (χ2n) is 18.5. The highest BCUT2D eigenvalue weighted by Gasteiger charge is 2.47. The quantitative estimate of drug-likeness (QED) is 0.171. The first kappa shape index (κ1) is 31.1. The number of ether oxygens (including phenoxy) is 2. The summed E-state index contributed by atoms with van der Waals surface area (Å²) in [5.74, 6) is 1.66. The first-order valence-corrected chi connectivity index (χ1v) is 18.8. The van der Waals surface area contributed by atoms with E-state index >= 15 is 0 Å². The van der Waals surface area contributed by atoms with Gasteiger partial charge < -0.3 is 19.3 Å². The van der Waals surface area contributed by atoms with Gasteiger partial charge in [-0.1, -0.05) is 78.8 Å². The predicted molar refractivity (Wildman–Crippen MR) is 212 cm³/mol. The van der Waals surface area contributed by atoms with Crippen LogP contribution in [0, 0.1) is 17.8 Å². The van der Waals surface area contributed by atoms with Crippen LogP contribution < -0.4 is 35.7 Å². The molecule has 3 heterocycles. The van der Waals surface area contributed by atoms with E-state index in [1.807, 2.05) is 0 Å². The Hall–Kier alpha value is -4.64. The molecule has 5 heteroatoms. The molecule has 5 aliphatic rings. The Kier molecular flexibility index (Phi) is 6.25. The van der Waals surface area contributed by atoms with Crippen molar-refractivity contribution in [1.29, 1.82) is 0 Å². The second kappa shape index (κ2) is 10.2. The van der Waals surface area contributed by atoms with Crippen molar-refractivity contribution in [2.45, 2.75) is 86.5 Å². The summed E-state index contributed by atoms with van der Waals surface area (Å²) in [5.41, 5.74) is 20.4. The predicted octanol–water partition coefficient (Wildman–Crippen LogP) is 9.35. The number of anilines is 6. The lowest BCUT2D eigenvalue weighted by atomic mass is 9.33. The van der Waals surface area contributed by atoms with Crippen LogP contribution in [-0.2, 0) is 31.1 Å². The smallest absolute Gasteiger partial charge is 0.252 e. The van der Waals surface area contributed by atoms with Crippen LogP contribution >= 0.6 is 0 Å². The maximum Gasteiger partial charge on any atom is 0.252 e. The fraction of sp³-hybridized carbons (Fsp3) is 0.348. The number of aryl methyl sites for hydroxylation is 1. The molecular formula is C46H47BN2O2. The minimum absolute atomic E-state index is 0.0545. The highest BCUT2D eigenvalue weighted by Crippen LogP contribution is 2.52. The third kappa shape index (κ3) is 4.66. The minimum atomic E-state index is 0.0545. The molecule has 5 aromatic rings. The van der Waals surface area contributed by atoms with E-state index in [0.717, 1.165) is 48.6 Å². The molecule has 0 saturated carbocycles. The monoisotopic (exact) mass is 670 g/mol. The molecule has 0 bridgehead atoms. The van der Waals surface area contributed by atoms with Crippen LogP contribution in [0.4, 0.5) is 34.1 Å². The van der Waals surface area contributed by atoms with Crippen LogP contribution in [0.1, 0.15) is 81.8 Å². The maximum absolute atomic E-state index is 6.38. The van der Waals surface area contributed by atoms with Crippen LogP contribution in [0.25, 0.3) is 0 Å². The van der Waals surface area contributed by atoms with E-state index < -0.39 is 0 Å². The summed E-state index contributed by atoms with van der Waals surface area (Å²) in [6, 6.07) is 30.8. The molecule has 256 valence electrons. The van der Waals surface area contributed by atoms with Crippen molar-refractivity contribution in [1.82, 2.24) is 0 Å². The topological polar surface area (TPSA) is 24.9 Å². The largest absolute Gasteiger partial charge is 0.454 e. The molecule has 0 N–H and O–H groups in total. The third-order valence-corrected chi connectivity index (χ3v) is 12.1. The fourth-order valence-corrected chi connectivity index (χ4v) is 9.97. The number of rotatable bonds is 2. The summed E-state index contributed by atoms with van der Waals surface area (Å²) in [4.78, 5) is 5.07. The molecule has 51 heavy (non-hydrogen) atoms. The Labute approximate surface area is 303 Å². The maximum atomic E-state index is 6.38. The standard InChI is InChI=1S/C46H47BN2O2/c1-27-17-38-41-39(18-27)49(33-13-10-32(11-14-33)44(2,3)4)42-35(15-16-40-43(42)51-26-50-40)47(41)36-20-30-24-46(7,8)25-31(30)21-37(36)48(38)34-12-9-28-22-45(5,6)23-29(28)19-34/h9-21H,22-26H2,1-8H3. The Morgan fingerprint density at radius 1 is 0.608 bits per heavy atom. The third-order valence-electron chi connectivity index (χ3n) is 12.1. The molecule has 0 radical (unpaired) electrons. The molecule has 4 nitrogen and oxygen atoms in total. The van der Waals surface area contributed by atoms with E-state index in [-0.39, 0.29) is 24.3 Å². The molecule has 0 unspecified atom stereocenters. The molecule has 0 spiro atoms.